The van der Waals surface area contributed by atoms with Crippen LogP contribution in [0.15, 0.2) is 36.4 Å². The average Bonchev–Trinajstić information content (AvgIpc) is 2.48. The minimum Gasteiger partial charge on any atom is -0.508 e. The van der Waals surface area contributed by atoms with Crippen LogP contribution in [0.5, 0.6) is 5.75 Å². The Hall–Kier alpha value is -2.55. The van der Waals surface area contributed by atoms with Gasteiger partial charge >= 0.3 is 0 Å². The number of benzene rings is 1. The van der Waals surface area contributed by atoms with Crippen molar-refractivity contribution in [2.45, 2.75) is 0 Å². The first-order valence-corrected chi connectivity index (χ1v) is 6.34. The molecule has 5 nitrogen and oxygen atoms in total. The minimum absolute atomic E-state index is 0.0555. The number of nitrogens with one attached hydrogen (secondary N) is 1. The summed E-state index contributed by atoms with van der Waals surface area (Å²) in [5, 5.41) is 20.8. The van der Waals surface area contributed by atoms with Gasteiger partial charge in [0.15, 0.2) is 0 Å². The number of nitrogens with zero attached hydrogens (tertiary/aromatic N) is 1. The number of aromatic nitrogens is 1. The van der Waals surface area contributed by atoms with Gasteiger partial charge in [-0.3, -0.25) is 4.79 Å². The van der Waals surface area contributed by atoms with Gasteiger partial charge in [-0.05, 0) is 36.3 Å². The summed E-state index contributed by atoms with van der Waals surface area (Å²) in [6, 6.07) is 9.02. The van der Waals surface area contributed by atoms with Crippen LogP contribution in [-0.4, -0.2) is 27.7 Å². The van der Waals surface area contributed by atoms with Crippen LogP contribution in [0.3, 0.4) is 0 Å². The number of amides is 1. The lowest BCUT2D eigenvalue weighted by Crippen LogP contribution is -2.13. The molecule has 6 heteroatoms. The van der Waals surface area contributed by atoms with Gasteiger partial charge in [0, 0.05) is 0 Å². The number of aliphatic hydroxyl groups excluding tert-OH is 1. The number of rotatable bonds is 2. The molecular formula is C15H11ClN2O3. The number of hydrogen-bond acceptors (Lipinski definition) is 4. The van der Waals surface area contributed by atoms with Gasteiger partial charge in [-0.1, -0.05) is 23.6 Å². The average molecular weight is 303 g/mol. The molecule has 21 heavy (non-hydrogen) atoms. The van der Waals surface area contributed by atoms with E-state index < -0.39 is 5.91 Å². The minimum atomic E-state index is -0.490. The molecule has 0 radical (unpaired) electrons. The first-order valence-electron chi connectivity index (χ1n) is 5.97. The molecule has 0 aliphatic heterocycles. The Kier molecular flexibility index (Phi) is 4.77. The van der Waals surface area contributed by atoms with Gasteiger partial charge in [0.2, 0.25) is 0 Å². The van der Waals surface area contributed by atoms with Gasteiger partial charge in [-0.2, -0.15) is 0 Å². The second-order valence-corrected chi connectivity index (χ2v) is 4.39. The predicted molar refractivity (Wildman–Crippen MR) is 79.3 cm³/mol. The highest BCUT2D eigenvalue weighted by Gasteiger charge is 2.12. The standard InChI is InChI=1S/C15H11ClN2O3/c16-13-7-6-11(20)9-12(13)15(21)18-14-5-1-3-10(17-14)4-2-8-19/h1,3,5-7,9,19-20H,8H2,(H,17,18,21). The van der Waals surface area contributed by atoms with Crippen LogP contribution in [0.4, 0.5) is 5.82 Å². The first kappa shape index (κ1) is 14.9. The Morgan fingerprint density at radius 2 is 2.14 bits per heavy atom. The zero-order chi connectivity index (χ0) is 15.2. The molecule has 0 bridgehead atoms. The predicted octanol–water partition coefficient (Wildman–Crippen LogP) is 2.04. The normalized spacial score (nSPS) is 9.62. The van der Waals surface area contributed by atoms with E-state index in [4.69, 9.17) is 16.7 Å². The molecule has 0 saturated carbocycles. The van der Waals surface area contributed by atoms with Gasteiger partial charge in [0.05, 0.1) is 10.6 Å². The molecule has 1 amide bonds. The second kappa shape index (κ2) is 6.75. The molecule has 0 aliphatic rings. The van der Waals surface area contributed by atoms with Gasteiger partial charge in [-0.15, -0.1) is 0 Å². The number of phenolic OH excluding ortho intramolecular Hbond substituents is 1. The number of hydrogen-bond donors (Lipinski definition) is 3. The molecule has 3 N–H and O–H groups in total. The number of carbonyl (C=O) groups excluding carboxylic acids is 1. The maximum absolute atomic E-state index is 12.1. The van der Waals surface area contributed by atoms with E-state index in [9.17, 15) is 9.90 Å². The van der Waals surface area contributed by atoms with E-state index in [1.54, 1.807) is 18.2 Å². The van der Waals surface area contributed by atoms with Crippen molar-refractivity contribution in [3.63, 3.8) is 0 Å². The topological polar surface area (TPSA) is 82.5 Å². The zero-order valence-electron chi connectivity index (χ0n) is 10.8. The van der Waals surface area contributed by atoms with E-state index in [0.717, 1.165) is 0 Å². The molecule has 1 aromatic carbocycles. The van der Waals surface area contributed by atoms with Crippen LogP contribution in [0.1, 0.15) is 16.1 Å². The molecule has 0 aliphatic carbocycles. The highest BCUT2D eigenvalue weighted by molar-refractivity contribution is 6.34. The lowest BCUT2D eigenvalue weighted by molar-refractivity contribution is 0.102. The number of pyridine rings is 1. The van der Waals surface area contributed by atoms with Crippen LogP contribution < -0.4 is 5.32 Å². The third kappa shape index (κ3) is 3.96. The molecule has 0 unspecified atom stereocenters. The van der Waals surface area contributed by atoms with Crippen molar-refractivity contribution in [1.29, 1.82) is 0 Å². The molecule has 0 saturated heterocycles. The van der Waals surface area contributed by atoms with E-state index in [1.165, 1.54) is 18.2 Å². The van der Waals surface area contributed by atoms with Crippen molar-refractivity contribution in [1.82, 2.24) is 4.98 Å². The molecule has 2 aromatic rings. The largest absolute Gasteiger partial charge is 0.508 e. The fourth-order valence-corrected chi connectivity index (χ4v) is 1.78. The van der Waals surface area contributed by atoms with E-state index in [2.05, 4.69) is 22.1 Å². The molecule has 0 spiro atoms. The summed E-state index contributed by atoms with van der Waals surface area (Å²) in [6.07, 6.45) is 0. The summed E-state index contributed by atoms with van der Waals surface area (Å²) in [4.78, 5) is 16.2. The Morgan fingerprint density at radius 3 is 2.90 bits per heavy atom. The van der Waals surface area contributed by atoms with Crippen LogP contribution in [-0.2, 0) is 0 Å². The number of aromatic hydroxyl groups is 1. The van der Waals surface area contributed by atoms with Crippen molar-refractivity contribution in [2.75, 3.05) is 11.9 Å². The van der Waals surface area contributed by atoms with Crippen molar-refractivity contribution in [3.8, 4) is 17.6 Å². The summed E-state index contributed by atoms with van der Waals surface area (Å²) < 4.78 is 0. The Balaban J connectivity index is 2.21. The summed E-state index contributed by atoms with van der Waals surface area (Å²) >= 11 is 5.91. The van der Waals surface area contributed by atoms with Gasteiger partial charge in [0.25, 0.3) is 5.91 Å². The fourth-order valence-electron chi connectivity index (χ4n) is 1.57. The van der Waals surface area contributed by atoms with Gasteiger partial charge in [0.1, 0.15) is 23.9 Å². The molecule has 0 atom stereocenters. The lowest BCUT2D eigenvalue weighted by Gasteiger charge is -2.06. The Bertz CT molecular complexity index is 735. The number of carbonyl (C=O) groups is 1. The summed E-state index contributed by atoms with van der Waals surface area (Å²) in [6.45, 7) is -0.267. The van der Waals surface area contributed by atoms with E-state index in [0.29, 0.717) is 11.5 Å². The van der Waals surface area contributed by atoms with Gasteiger partial charge < -0.3 is 15.5 Å². The molecule has 2 rings (SSSR count). The van der Waals surface area contributed by atoms with Crippen molar-refractivity contribution in [2.24, 2.45) is 0 Å². The molecular weight excluding hydrogens is 292 g/mol. The Labute approximate surface area is 126 Å². The van der Waals surface area contributed by atoms with E-state index in [1.807, 2.05) is 0 Å². The highest BCUT2D eigenvalue weighted by Crippen LogP contribution is 2.22. The molecule has 1 heterocycles. The third-order valence-corrected chi connectivity index (χ3v) is 2.81. The maximum Gasteiger partial charge on any atom is 0.258 e. The van der Waals surface area contributed by atoms with Gasteiger partial charge in [-0.25, -0.2) is 4.98 Å². The highest BCUT2D eigenvalue weighted by atomic mass is 35.5. The zero-order valence-corrected chi connectivity index (χ0v) is 11.6. The lowest BCUT2D eigenvalue weighted by atomic mass is 10.2. The van der Waals surface area contributed by atoms with Crippen molar-refractivity contribution < 1.29 is 15.0 Å². The van der Waals surface area contributed by atoms with Crippen LogP contribution >= 0.6 is 11.6 Å². The SMILES string of the molecule is O=C(Nc1cccc(C#CCO)n1)c1cc(O)ccc1Cl. The fraction of sp³-hybridized carbons (Fsp3) is 0.0667. The molecule has 0 fully saturated rings. The summed E-state index contributed by atoms with van der Waals surface area (Å²) in [5.41, 5.74) is 0.564. The summed E-state index contributed by atoms with van der Waals surface area (Å²) in [7, 11) is 0. The summed E-state index contributed by atoms with van der Waals surface area (Å²) in [5.74, 6) is 4.86. The molecule has 106 valence electrons. The Morgan fingerprint density at radius 1 is 1.33 bits per heavy atom. The molecule has 1 aromatic heterocycles. The third-order valence-electron chi connectivity index (χ3n) is 2.48. The maximum atomic E-state index is 12.1. The number of aliphatic hydroxyl groups is 1. The van der Waals surface area contributed by atoms with Crippen molar-refractivity contribution in [3.05, 3.63) is 52.7 Å². The number of anilines is 1. The number of halogens is 1. The quantitative estimate of drug-likeness (QED) is 0.741. The van der Waals surface area contributed by atoms with Crippen LogP contribution in [0.25, 0.3) is 0 Å². The smallest absolute Gasteiger partial charge is 0.258 e. The van der Waals surface area contributed by atoms with Crippen LogP contribution in [0, 0.1) is 11.8 Å². The van der Waals surface area contributed by atoms with Crippen molar-refractivity contribution >= 4 is 23.3 Å². The monoisotopic (exact) mass is 302 g/mol. The van der Waals surface area contributed by atoms with Crippen LogP contribution in [0.2, 0.25) is 5.02 Å². The second-order valence-electron chi connectivity index (χ2n) is 3.99. The van der Waals surface area contributed by atoms with E-state index in [-0.39, 0.29) is 22.9 Å². The van der Waals surface area contributed by atoms with E-state index >= 15 is 0 Å². The number of phenols is 1. The first-order chi connectivity index (χ1) is 10.1.